The largest absolute Gasteiger partial charge is 0.401 e. The highest BCUT2D eigenvalue weighted by molar-refractivity contribution is 6.83. The SMILES string of the molecule is CCC1C(=CC=C(C)c2cccc(F)c2)c2ccc(-c3cccc(F)c3)n2[Si]12n1c(-c3cccc(F)c3)ccc1-c1ccc(-c3cccc(F)c3)n12. The molecule has 5 heterocycles. The van der Waals surface area contributed by atoms with Crippen LogP contribution in [-0.4, -0.2) is 21.3 Å². The molecule has 8 heteroatoms. The molecule has 256 valence electrons. The Morgan fingerprint density at radius 2 is 0.942 bits per heavy atom. The van der Waals surface area contributed by atoms with E-state index in [-0.39, 0.29) is 28.8 Å². The maximum atomic E-state index is 15.0. The summed E-state index contributed by atoms with van der Waals surface area (Å²) in [4.78, 5) is 0. The number of hydrogen-bond donors (Lipinski definition) is 0. The standard InChI is InChI=1S/C44H33F4N3Si/c1-3-44-37(17-16-28(2)29-8-4-12-33(45)24-29)41-21-18-38(30-9-5-13-34(46)25-30)49(41)52(44)50-39(31-10-6-14-35(47)26-31)19-22-42(50)43-23-20-40(51(43)52)32-11-7-15-36(48)27-32/h4-27,44H,3H2,1-2H3. The molecule has 2 aliphatic heterocycles. The summed E-state index contributed by atoms with van der Waals surface area (Å²) in [6.07, 6.45) is 4.92. The molecule has 0 bridgehead atoms. The number of fused-ring (bicyclic) bond motifs is 7. The third-order valence-electron chi connectivity index (χ3n) is 10.6. The predicted molar refractivity (Wildman–Crippen MR) is 202 cm³/mol. The van der Waals surface area contributed by atoms with Crippen molar-refractivity contribution in [2.24, 2.45) is 0 Å². The van der Waals surface area contributed by atoms with Crippen molar-refractivity contribution in [2.45, 2.75) is 25.8 Å². The summed E-state index contributed by atoms with van der Waals surface area (Å²) < 4.78 is 66.4. The molecule has 0 N–H and O–H groups in total. The van der Waals surface area contributed by atoms with Gasteiger partial charge >= 0.3 is 8.56 Å². The van der Waals surface area contributed by atoms with Crippen LogP contribution in [0.15, 0.2) is 146 Å². The van der Waals surface area contributed by atoms with Crippen LogP contribution >= 0.6 is 0 Å². The van der Waals surface area contributed by atoms with E-state index in [0.717, 1.165) is 74.0 Å². The van der Waals surface area contributed by atoms with Crippen molar-refractivity contribution in [1.82, 2.24) is 12.7 Å². The van der Waals surface area contributed by atoms with Crippen molar-refractivity contribution in [3.63, 3.8) is 0 Å². The third kappa shape index (κ3) is 4.70. The first-order valence-corrected chi connectivity index (χ1v) is 19.3. The summed E-state index contributed by atoms with van der Waals surface area (Å²) >= 11 is 0. The van der Waals surface area contributed by atoms with Gasteiger partial charge in [0, 0.05) is 45.0 Å². The summed E-state index contributed by atoms with van der Waals surface area (Å²) in [5, 5.41) is 0. The van der Waals surface area contributed by atoms with Crippen LogP contribution in [0.25, 0.3) is 56.3 Å². The molecule has 0 fully saturated rings. The van der Waals surface area contributed by atoms with Crippen molar-refractivity contribution < 1.29 is 17.6 Å². The van der Waals surface area contributed by atoms with Gasteiger partial charge in [-0.2, -0.15) is 0 Å². The second-order valence-corrected chi connectivity index (χ2v) is 16.9. The van der Waals surface area contributed by atoms with Crippen LogP contribution in [0.3, 0.4) is 0 Å². The molecule has 2 aliphatic rings. The first-order chi connectivity index (χ1) is 25.3. The number of aromatic nitrogens is 3. The van der Waals surface area contributed by atoms with Gasteiger partial charge in [0.2, 0.25) is 0 Å². The van der Waals surface area contributed by atoms with Crippen molar-refractivity contribution in [2.75, 3.05) is 0 Å². The molecule has 0 radical (unpaired) electrons. The van der Waals surface area contributed by atoms with Gasteiger partial charge in [0.1, 0.15) is 23.3 Å². The molecule has 0 aliphatic carbocycles. The van der Waals surface area contributed by atoms with E-state index in [1.54, 1.807) is 42.5 Å². The number of benzene rings is 4. The van der Waals surface area contributed by atoms with Crippen molar-refractivity contribution in [3.05, 3.63) is 180 Å². The van der Waals surface area contributed by atoms with Crippen molar-refractivity contribution in [1.29, 1.82) is 0 Å². The number of allylic oxidation sites excluding steroid dienone is 4. The van der Waals surface area contributed by atoms with Crippen LogP contribution in [0.2, 0.25) is 5.54 Å². The Kier molecular flexibility index (Phi) is 7.48. The molecule has 52 heavy (non-hydrogen) atoms. The number of nitrogens with zero attached hydrogens (tertiary/aromatic N) is 3. The smallest absolute Gasteiger partial charge is 0.332 e. The second kappa shape index (κ2) is 12.1. The normalized spacial score (nSPS) is 16.5. The lowest BCUT2D eigenvalue weighted by Gasteiger charge is -2.37. The molecule has 9 rings (SSSR count). The van der Waals surface area contributed by atoms with Crippen LogP contribution < -0.4 is 0 Å². The highest BCUT2D eigenvalue weighted by Gasteiger charge is 2.62. The topological polar surface area (TPSA) is 14.8 Å². The zero-order chi connectivity index (χ0) is 35.7. The summed E-state index contributed by atoms with van der Waals surface area (Å²) in [6.45, 7) is 4.15. The van der Waals surface area contributed by atoms with Gasteiger partial charge in [-0.05, 0) is 115 Å². The Bertz CT molecular complexity index is 2510. The monoisotopic (exact) mass is 707 g/mol. The highest BCUT2D eigenvalue weighted by atomic mass is 28.4. The predicted octanol–water partition coefficient (Wildman–Crippen LogP) is 11.8. The number of hydrogen-bond acceptors (Lipinski definition) is 0. The zero-order valence-corrected chi connectivity index (χ0v) is 29.5. The Morgan fingerprint density at radius 3 is 1.38 bits per heavy atom. The van der Waals surface area contributed by atoms with Crippen molar-refractivity contribution in [3.8, 4) is 45.2 Å². The second-order valence-electron chi connectivity index (χ2n) is 13.5. The average Bonchev–Trinajstić information content (AvgIpc) is 3.95. The fourth-order valence-electron chi connectivity index (χ4n) is 8.51. The molecule has 0 saturated heterocycles. The quantitative estimate of drug-likeness (QED) is 0.121. The minimum absolute atomic E-state index is 0.0908. The molecular formula is C44H33F4N3Si. The van der Waals surface area contributed by atoms with E-state index in [2.05, 4.69) is 62.1 Å². The van der Waals surface area contributed by atoms with Crippen LogP contribution in [0, 0.1) is 23.3 Å². The van der Waals surface area contributed by atoms with Gasteiger partial charge in [0.15, 0.2) is 0 Å². The Morgan fingerprint density at radius 1 is 0.538 bits per heavy atom. The first kappa shape index (κ1) is 32.1. The molecule has 1 spiro atoms. The van der Waals surface area contributed by atoms with Gasteiger partial charge in [-0.25, -0.2) is 17.6 Å². The van der Waals surface area contributed by atoms with Crippen LogP contribution in [0.5, 0.6) is 0 Å². The van der Waals surface area contributed by atoms with Gasteiger partial charge in [-0.1, -0.05) is 67.6 Å². The van der Waals surface area contributed by atoms with Crippen LogP contribution in [0.4, 0.5) is 17.6 Å². The van der Waals surface area contributed by atoms with E-state index in [0.29, 0.717) is 0 Å². The molecule has 0 amide bonds. The Hall–Kier alpha value is -5.86. The third-order valence-corrected chi connectivity index (χ3v) is 15.7. The van der Waals surface area contributed by atoms with E-state index in [1.807, 2.05) is 37.3 Å². The summed E-state index contributed by atoms with van der Waals surface area (Å²) in [5.41, 5.74) is 10.4. The van der Waals surface area contributed by atoms with E-state index in [1.165, 1.54) is 30.3 Å². The Balaban J connectivity index is 1.41. The van der Waals surface area contributed by atoms with Crippen molar-refractivity contribution >= 4 is 19.7 Å². The lowest BCUT2D eigenvalue weighted by Crippen LogP contribution is -2.57. The number of halogens is 4. The molecule has 1 unspecified atom stereocenters. The van der Waals surface area contributed by atoms with E-state index < -0.39 is 8.56 Å². The van der Waals surface area contributed by atoms with Gasteiger partial charge in [0.25, 0.3) is 0 Å². The summed E-state index contributed by atoms with van der Waals surface area (Å²) in [6, 6.07) is 39.0. The highest BCUT2D eigenvalue weighted by Crippen LogP contribution is 2.58. The van der Waals surface area contributed by atoms with E-state index in [4.69, 9.17) is 0 Å². The summed E-state index contributed by atoms with van der Waals surface area (Å²) in [7, 11) is -3.44. The van der Waals surface area contributed by atoms with E-state index >= 15 is 0 Å². The van der Waals surface area contributed by atoms with Crippen LogP contribution in [0.1, 0.15) is 31.5 Å². The molecule has 3 aromatic heterocycles. The molecule has 1 atom stereocenters. The molecule has 3 nitrogen and oxygen atoms in total. The maximum Gasteiger partial charge on any atom is 0.401 e. The Labute approximate surface area is 300 Å². The van der Waals surface area contributed by atoms with Gasteiger partial charge in [-0.3, -0.25) is 0 Å². The maximum absolute atomic E-state index is 15.0. The fourth-order valence-corrected chi connectivity index (χ4v) is 14.6. The number of rotatable bonds is 6. The molecule has 7 aromatic rings. The van der Waals surface area contributed by atoms with Gasteiger partial charge < -0.3 is 12.7 Å². The van der Waals surface area contributed by atoms with Gasteiger partial charge in [-0.15, -0.1) is 0 Å². The first-order valence-electron chi connectivity index (χ1n) is 17.4. The van der Waals surface area contributed by atoms with E-state index in [9.17, 15) is 17.6 Å². The zero-order valence-electron chi connectivity index (χ0n) is 28.5. The molecule has 4 aromatic carbocycles. The minimum atomic E-state index is -3.44. The summed E-state index contributed by atoms with van der Waals surface area (Å²) in [5.74, 6) is -1.30. The minimum Gasteiger partial charge on any atom is -0.332 e. The fraction of sp³-hybridized carbons (Fsp3) is 0.0909. The van der Waals surface area contributed by atoms with Crippen LogP contribution in [-0.2, 0) is 0 Å². The van der Waals surface area contributed by atoms with Gasteiger partial charge in [0.05, 0.1) is 11.4 Å². The lowest BCUT2D eigenvalue weighted by atomic mass is 10.0. The average molecular weight is 708 g/mol. The molecule has 0 saturated carbocycles. The molecular weight excluding hydrogens is 675 g/mol. The lowest BCUT2D eigenvalue weighted by molar-refractivity contribution is 0.627.